The van der Waals surface area contributed by atoms with Gasteiger partial charge in [0, 0.05) is 12.6 Å². The Bertz CT molecular complexity index is 582. The Kier molecular flexibility index (Phi) is 4.31. The van der Waals surface area contributed by atoms with Crippen molar-refractivity contribution in [2.75, 3.05) is 13.7 Å². The lowest BCUT2D eigenvalue weighted by atomic mass is 10.3. The number of methoxy groups -OCH3 is 1. The van der Waals surface area contributed by atoms with Crippen LogP contribution in [0.3, 0.4) is 0 Å². The highest BCUT2D eigenvalue weighted by atomic mass is 32.2. The third-order valence-electron chi connectivity index (χ3n) is 2.68. The number of H-pyrrole nitrogens is 1. The molecule has 0 aliphatic carbocycles. The fourth-order valence-electron chi connectivity index (χ4n) is 1.69. The number of aromatic nitrogens is 2. The third-order valence-corrected chi connectivity index (χ3v) is 3.66. The Morgan fingerprint density at radius 2 is 2.37 bits per heavy atom. The minimum atomic E-state index is -0.178. The molecule has 19 heavy (non-hydrogen) atoms. The number of hydrogen-bond donors (Lipinski definition) is 2. The van der Waals surface area contributed by atoms with Crippen LogP contribution in [0.5, 0.6) is 5.75 Å². The van der Waals surface area contributed by atoms with Crippen LogP contribution in [0, 0.1) is 0 Å². The molecule has 0 fully saturated rings. The van der Waals surface area contributed by atoms with Crippen molar-refractivity contribution in [1.29, 1.82) is 0 Å². The summed E-state index contributed by atoms with van der Waals surface area (Å²) in [5.74, 6) is 0.801. The Balaban J connectivity index is 2.15. The van der Waals surface area contributed by atoms with Gasteiger partial charge >= 0.3 is 0 Å². The van der Waals surface area contributed by atoms with Crippen molar-refractivity contribution < 1.29 is 9.53 Å². The molecule has 0 saturated heterocycles. The zero-order valence-electron chi connectivity index (χ0n) is 11.2. The molecule has 5 nitrogen and oxygen atoms in total. The molecule has 0 aliphatic heterocycles. The molecule has 0 bridgehead atoms. The number of nitrogens with one attached hydrogen (secondary N) is 2. The Morgan fingerprint density at radius 1 is 1.58 bits per heavy atom. The topological polar surface area (TPSA) is 67.0 Å². The first kappa shape index (κ1) is 13.7. The quantitative estimate of drug-likeness (QED) is 0.823. The van der Waals surface area contributed by atoms with Gasteiger partial charge in [0.05, 0.1) is 23.4 Å². The molecule has 1 aromatic carbocycles. The fraction of sp³-hybridized carbons (Fsp3) is 0.385. The van der Waals surface area contributed by atoms with Gasteiger partial charge in [-0.25, -0.2) is 4.98 Å². The minimum absolute atomic E-state index is 0.0190. The van der Waals surface area contributed by atoms with Crippen molar-refractivity contribution in [3.8, 4) is 5.75 Å². The number of carbonyl (C=O) groups excluding carboxylic acids is 1. The molecular weight excluding hydrogens is 262 g/mol. The van der Waals surface area contributed by atoms with E-state index in [0.29, 0.717) is 6.54 Å². The number of fused-ring (bicyclic) bond motifs is 1. The number of aromatic amines is 1. The van der Waals surface area contributed by atoms with Crippen molar-refractivity contribution in [2.45, 2.75) is 24.3 Å². The normalized spacial score (nSPS) is 12.4. The summed E-state index contributed by atoms with van der Waals surface area (Å²) in [5.41, 5.74) is 1.77. The van der Waals surface area contributed by atoms with Crippen LogP contribution in [0.15, 0.2) is 23.4 Å². The van der Waals surface area contributed by atoms with E-state index >= 15 is 0 Å². The summed E-state index contributed by atoms with van der Waals surface area (Å²) in [5, 5.41) is 3.36. The highest BCUT2D eigenvalue weighted by molar-refractivity contribution is 8.00. The molecule has 0 radical (unpaired) electrons. The number of ether oxygens (including phenoxy) is 1. The maximum absolute atomic E-state index is 11.7. The predicted octanol–water partition coefficient (Wildman–Crippen LogP) is 2.19. The summed E-state index contributed by atoms with van der Waals surface area (Å²) in [7, 11) is 1.63. The van der Waals surface area contributed by atoms with Crippen LogP contribution in [-0.2, 0) is 4.79 Å². The molecule has 0 spiro atoms. The standard InChI is InChI=1S/C13H17N3O2S/c1-4-14-12(17)8(2)19-13-15-10-6-5-9(18-3)7-11(10)16-13/h5-8H,4H2,1-3H3,(H,14,17)(H,15,16). The van der Waals surface area contributed by atoms with E-state index in [1.807, 2.05) is 32.0 Å². The highest BCUT2D eigenvalue weighted by Gasteiger charge is 2.15. The Hall–Kier alpha value is -1.69. The van der Waals surface area contributed by atoms with Gasteiger partial charge in [0.1, 0.15) is 5.75 Å². The van der Waals surface area contributed by atoms with Crippen molar-refractivity contribution in [2.24, 2.45) is 0 Å². The summed E-state index contributed by atoms with van der Waals surface area (Å²) in [6, 6.07) is 5.65. The van der Waals surface area contributed by atoms with Crippen LogP contribution in [0.1, 0.15) is 13.8 Å². The van der Waals surface area contributed by atoms with Gasteiger partial charge in [-0.15, -0.1) is 0 Å². The maximum atomic E-state index is 11.7. The van der Waals surface area contributed by atoms with Crippen LogP contribution >= 0.6 is 11.8 Å². The molecule has 1 heterocycles. The minimum Gasteiger partial charge on any atom is -0.497 e. The zero-order valence-corrected chi connectivity index (χ0v) is 12.0. The number of benzene rings is 1. The van der Waals surface area contributed by atoms with E-state index in [2.05, 4.69) is 15.3 Å². The lowest BCUT2D eigenvalue weighted by Crippen LogP contribution is -2.30. The number of imidazole rings is 1. The van der Waals surface area contributed by atoms with Gasteiger partial charge in [-0.3, -0.25) is 4.79 Å². The summed E-state index contributed by atoms with van der Waals surface area (Å²) in [6.45, 7) is 4.41. The van der Waals surface area contributed by atoms with Crippen LogP contribution in [0.4, 0.5) is 0 Å². The Labute approximate surface area is 116 Å². The first-order chi connectivity index (χ1) is 9.13. The first-order valence-corrected chi connectivity index (χ1v) is 7.00. The van der Waals surface area contributed by atoms with Gasteiger partial charge in [0.25, 0.3) is 0 Å². The number of carbonyl (C=O) groups is 1. The first-order valence-electron chi connectivity index (χ1n) is 6.12. The second-order valence-corrected chi connectivity index (χ2v) is 5.41. The van der Waals surface area contributed by atoms with E-state index < -0.39 is 0 Å². The van der Waals surface area contributed by atoms with Gasteiger partial charge in [-0.1, -0.05) is 11.8 Å². The van der Waals surface area contributed by atoms with Gasteiger partial charge in [-0.05, 0) is 26.0 Å². The van der Waals surface area contributed by atoms with E-state index in [1.54, 1.807) is 7.11 Å². The fourth-order valence-corrected chi connectivity index (χ4v) is 2.53. The molecule has 2 N–H and O–H groups in total. The van der Waals surface area contributed by atoms with Crippen molar-refractivity contribution in [1.82, 2.24) is 15.3 Å². The van der Waals surface area contributed by atoms with Gasteiger partial charge < -0.3 is 15.0 Å². The molecule has 0 aliphatic rings. The van der Waals surface area contributed by atoms with E-state index in [-0.39, 0.29) is 11.2 Å². The monoisotopic (exact) mass is 279 g/mol. The largest absolute Gasteiger partial charge is 0.497 e. The van der Waals surface area contributed by atoms with Crippen LogP contribution in [0.25, 0.3) is 11.0 Å². The Morgan fingerprint density at radius 3 is 3.05 bits per heavy atom. The summed E-state index contributed by atoms with van der Waals surface area (Å²) in [6.07, 6.45) is 0. The number of rotatable bonds is 5. The average Bonchev–Trinajstić information content (AvgIpc) is 2.79. The molecule has 1 amide bonds. The molecule has 1 aromatic heterocycles. The number of thioether (sulfide) groups is 1. The number of hydrogen-bond acceptors (Lipinski definition) is 4. The number of amides is 1. The van der Waals surface area contributed by atoms with E-state index in [0.717, 1.165) is 21.9 Å². The number of nitrogens with zero attached hydrogens (tertiary/aromatic N) is 1. The van der Waals surface area contributed by atoms with Crippen molar-refractivity contribution >= 4 is 28.7 Å². The smallest absolute Gasteiger partial charge is 0.233 e. The van der Waals surface area contributed by atoms with Crippen molar-refractivity contribution in [3.05, 3.63) is 18.2 Å². The van der Waals surface area contributed by atoms with Crippen LogP contribution in [-0.4, -0.2) is 34.8 Å². The van der Waals surface area contributed by atoms with Gasteiger partial charge in [0.2, 0.25) is 5.91 Å². The van der Waals surface area contributed by atoms with E-state index in [9.17, 15) is 4.79 Å². The summed E-state index contributed by atoms with van der Waals surface area (Å²) >= 11 is 1.41. The van der Waals surface area contributed by atoms with E-state index in [4.69, 9.17) is 4.74 Å². The molecule has 1 atom stereocenters. The molecule has 2 aromatic rings. The second kappa shape index (κ2) is 5.97. The highest BCUT2D eigenvalue weighted by Crippen LogP contribution is 2.25. The molecule has 0 saturated carbocycles. The SMILES string of the molecule is CCNC(=O)C(C)Sc1nc2ccc(OC)cc2[nH]1. The summed E-state index contributed by atoms with van der Waals surface area (Å²) < 4.78 is 5.16. The van der Waals surface area contributed by atoms with E-state index in [1.165, 1.54) is 11.8 Å². The van der Waals surface area contributed by atoms with Gasteiger partial charge in [-0.2, -0.15) is 0 Å². The lowest BCUT2D eigenvalue weighted by Gasteiger charge is -2.08. The maximum Gasteiger partial charge on any atom is 0.233 e. The molecule has 6 heteroatoms. The van der Waals surface area contributed by atoms with Crippen LogP contribution in [0.2, 0.25) is 0 Å². The molecular formula is C13H17N3O2S. The van der Waals surface area contributed by atoms with Gasteiger partial charge in [0.15, 0.2) is 5.16 Å². The third kappa shape index (κ3) is 3.20. The zero-order chi connectivity index (χ0) is 13.8. The lowest BCUT2D eigenvalue weighted by molar-refractivity contribution is -0.120. The average molecular weight is 279 g/mol. The molecule has 102 valence electrons. The molecule has 2 rings (SSSR count). The second-order valence-electron chi connectivity index (χ2n) is 4.08. The molecule has 1 unspecified atom stereocenters. The predicted molar refractivity (Wildman–Crippen MR) is 76.6 cm³/mol. The van der Waals surface area contributed by atoms with Crippen LogP contribution < -0.4 is 10.1 Å². The van der Waals surface area contributed by atoms with Crippen molar-refractivity contribution in [3.63, 3.8) is 0 Å². The summed E-state index contributed by atoms with van der Waals surface area (Å²) in [4.78, 5) is 19.3.